The van der Waals surface area contributed by atoms with Crippen LogP contribution in [0.2, 0.25) is 0 Å². The summed E-state index contributed by atoms with van der Waals surface area (Å²) in [7, 11) is 1.33. The maximum Gasteiger partial charge on any atom is 0.337 e. The van der Waals surface area contributed by atoms with Crippen LogP contribution < -0.4 is 5.73 Å². The SMILES string of the molecule is COC(=O)c1cccc(-c2ccccc2C(N)CC(=O)O)c1. The molecule has 0 fully saturated rings. The highest BCUT2D eigenvalue weighted by molar-refractivity contribution is 5.91. The Morgan fingerprint density at radius 3 is 2.59 bits per heavy atom. The summed E-state index contributed by atoms with van der Waals surface area (Å²) in [6.45, 7) is 0. The monoisotopic (exact) mass is 299 g/mol. The maximum atomic E-state index is 11.6. The third-order valence-electron chi connectivity index (χ3n) is 3.35. The Labute approximate surface area is 128 Å². The normalized spacial score (nSPS) is 11.7. The molecule has 0 saturated heterocycles. The van der Waals surface area contributed by atoms with E-state index in [1.807, 2.05) is 24.3 Å². The second-order valence-electron chi connectivity index (χ2n) is 4.86. The Morgan fingerprint density at radius 1 is 1.18 bits per heavy atom. The lowest BCUT2D eigenvalue weighted by Crippen LogP contribution is -2.15. The Bertz CT molecular complexity index is 697. The summed E-state index contributed by atoms with van der Waals surface area (Å²) in [5.41, 5.74) is 8.74. The van der Waals surface area contributed by atoms with Crippen LogP contribution >= 0.6 is 0 Å². The number of esters is 1. The van der Waals surface area contributed by atoms with Crippen LogP contribution in [0.1, 0.15) is 28.4 Å². The highest BCUT2D eigenvalue weighted by atomic mass is 16.5. The van der Waals surface area contributed by atoms with Crippen molar-refractivity contribution in [1.29, 1.82) is 0 Å². The largest absolute Gasteiger partial charge is 0.481 e. The molecular weight excluding hydrogens is 282 g/mol. The molecule has 2 aromatic carbocycles. The fourth-order valence-corrected chi connectivity index (χ4v) is 2.31. The Morgan fingerprint density at radius 2 is 1.91 bits per heavy atom. The van der Waals surface area contributed by atoms with Crippen molar-refractivity contribution in [3.63, 3.8) is 0 Å². The highest BCUT2D eigenvalue weighted by Crippen LogP contribution is 2.29. The molecule has 5 nitrogen and oxygen atoms in total. The highest BCUT2D eigenvalue weighted by Gasteiger charge is 2.16. The van der Waals surface area contributed by atoms with E-state index in [2.05, 4.69) is 0 Å². The number of hydrogen-bond acceptors (Lipinski definition) is 4. The molecule has 0 aliphatic heterocycles. The van der Waals surface area contributed by atoms with Gasteiger partial charge in [0.15, 0.2) is 0 Å². The lowest BCUT2D eigenvalue weighted by atomic mass is 9.93. The number of hydrogen-bond donors (Lipinski definition) is 2. The molecule has 1 atom stereocenters. The van der Waals surface area contributed by atoms with Gasteiger partial charge in [0.1, 0.15) is 0 Å². The first-order valence-electron chi connectivity index (χ1n) is 6.78. The number of methoxy groups -OCH3 is 1. The van der Waals surface area contributed by atoms with Gasteiger partial charge in [-0.15, -0.1) is 0 Å². The van der Waals surface area contributed by atoms with Gasteiger partial charge in [-0.1, -0.05) is 36.4 Å². The number of rotatable bonds is 5. The van der Waals surface area contributed by atoms with Crippen molar-refractivity contribution in [3.8, 4) is 11.1 Å². The van der Waals surface area contributed by atoms with Crippen molar-refractivity contribution in [2.75, 3.05) is 7.11 Å². The lowest BCUT2D eigenvalue weighted by molar-refractivity contribution is -0.137. The predicted molar refractivity (Wildman–Crippen MR) is 82.4 cm³/mol. The van der Waals surface area contributed by atoms with E-state index in [4.69, 9.17) is 15.6 Å². The molecular formula is C17H17NO4. The molecule has 22 heavy (non-hydrogen) atoms. The fraction of sp³-hybridized carbons (Fsp3) is 0.176. The van der Waals surface area contributed by atoms with Crippen molar-refractivity contribution in [2.45, 2.75) is 12.5 Å². The summed E-state index contributed by atoms with van der Waals surface area (Å²) in [5, 5.41) is 8.91. The number of carboxylic acid groups (broad SMARTS) is 1. The van der Waals surface area contributed by atoms with E-state index in [-0.39, 0.29) is 6.42 Å². The summed E-state index contributed by atoms with van der Waals surface area (Å²) in [5.74, 6) is -1.38. The number of nitrogens with two attached hydrogens (primary N) is 1. The summed E-state index contributed by atoms with van der Waals surface area (Å²) >= 11 is 0. The molecule has 1 unspecified atom stereocenters. The second kappa shape index (κ2) is 6.87. The molecule has 3 N–H and O–H groups in total. The zero-order chi connectivity index (χ0) is 16.1. The Balaban J connectivity index is 2.45. The molecule has 0 amide bonds. The molecule has 114 valence electrons. The van der Waals surface area contributed by atoms with Crippen molar-refractivity contribution < 1.29 is 19.4 Å². The topological polar surface area (TPSA) is 89.6 Å². The lowest BCUT2D eigenvalue weighted by Gasteiger charge is -2.15. The minimum atomic E-state index is -0.953. The van der Waals surface area contributed by atoms with Crippen molar-refractivity contribution in [1.82, 2.24) is 0 Å². The molecule has 0 saturated carbocycles. The fourth-order valence-electron chi connectivity index (χ4n) is 2.31. The molecule has 0 bridgehead atoms. The molecule has 0 spiro atoms. The van der Waals surface area contributed by atoms with E-state index in [1.165, 1.54) is 7.11 Å². The van der Waals surface area contributed by atoms with Crippen LogP contribution in [-0.2, 0) is 9.53 Å². The number of carboxylic acids is 1. The summed E-state index contributed by atoms with van der Waals surface area (Å²) in [4.78, 5) is 22.5. The van der Waals surface area contributed by atoms with Gasteiger partial charge in [-0.2, -0.15) is 0 Å². The van der Waals surface area contributed by atoms with Gasteiger partial charge >= 0.3 is 11.9 Å². The first-order chi connectivity index (χ1) is 10.5. The minimum absolute atomic E-state index is 0.159. The van der Waals surface area contributed by atoms with Crippen molar-refractivity contribution in [2.24, 2.45) is 5.73 Å². The third kappa shape index (κ3) is 3.51. The summed E-state index contributed by atoms with van der Waals surface area (Å²) in [6, 6.07) is 13.7. The van der Waals surface area contributed by atoms with E-state index < -0.39 is 18.0 Å². The molecule has 0 aliphatic rings. The van der Waals surface area contributed by atoms with Gasteiger partial charge < -0.3 is 15.6 Å². The second-order valence-corrected chi connectivity index (χ2v) is 4.86. The van der Waals surface area contributed by atoms with Crippen LogP contribution in [-0.4, -0.2) is 24.2 Å². The average molecular weight is 299 g/mol. The minimum Gasteiger partial charge on any atom is -0.481 e. The average Bonchev–Trinajstić information content (AvgIpc) is 2.53. The molecule has 0 heterocycles. The maximum absolute atomic E-state index is 11.6. The number of carbonyl (C=O) groups is 2. The number of benzene rings is 2. The van der Waals surface area contributed by atoms with E-state index in [9.17, 15) is 9.59 Å². The number of aliphatic carboxylic acids is 1. The smallest absolute Gasteiger partial charge is 0.337 e. The summed E-state index contributed by atoms with van der Waals surface area (Å²) in [6.07, 6.45) is -0.159. The third-order valence-corrected chi connectivity index (χ3v) is 3.35. The van der Waals surface area contributed by atoms with Crippen molar-refractivity contribution in [3.05, 3.63) is 59.7 Å². The molecule has 0 aliphatic carbocycles. The molecule has 5 heteroatoms. The first kappa shape index (κ1) is 15.7. The summed E-state index contributed by atoms with van der Waals surface area (Å²) < 4.78 is 4.72. The molecule has 2 rings (SSSR count). The predicted octanol–water partition coefficient (Wildman–Crippen LogP) is 2.61. The van der Waals surface area contributed by atoms with Gasteiger partial charge in [0.05, 0.1) is 19.1 Å². The number of ether oxygens (including phenoxy) is 1. The van der Waals surface area contributed by atoms with Crippen LogP contribution in [0.25, 0.3) is 11.1 Å². The molecule has 0 radical (unpaired) electrons. The van der Waals surface area contributed by atoms with Gasteiger partial charge in [-0.3, -0.25) is 4.79 Å². The molecule has 2 aromatic rings. The van der Waals surface area contributed by atoms with E-state index in [0.29, 0.717) is 5.56 Å². The van der Waals surface area contributed by atoms with E-state index in [0.717, 1.165) is 16.7 Å². The van der Waals surface area contributed by atoms with Gasteiger partial charge in [-0.05, 0) is 28.8 Å². The van der Waals surface area contributed by atoms with Gasteiger partial charge in [-0.25, -0.2) is 4.79 Å². The van der Waals surface area contributed by atoms with E-state index in [1.54, 1.807) is 24.3 Å². The van der Waals surface area contributed by atoms with Crippen molar-refractivity contribution >= 4 is 11.9 Å². The van der Waals surface area contributed by atoms with Gasteiger partial charge in [0.25, 0.3) is 0 Å². The number of carbonyl (C=O) groups excluding carboxylic acids is 1. The van der Waals surface area contributed by atoms with Crippen LogP contribution in [0.4, 0.5) is 0 Å². The standard InChI is InChI=1S/C17H17NO4/c1-22-17(21)12-6-4-5-11(9-12)13-7-2-3-8-14(13)15(18)10-16(19)20/h2-9,15H,10,18H2,1H3,(H,19,20). The Kier molecular flexibility index (Phi) is 4.91. The molecule has 0 aromatic heterocycles. The first-order valence-corrected chi connectivity index (χ1v) is 6.78. The van der Waals surface area contributed by atoms with Crippen LogP contribution in [0.15, 0.2) is 48.5 Å². The quantitative estimate of drug-likeness (QED) is 0.828. The van der Waals surface area contributed by atoms with Crippen LogP contribution in [0.5, 0.6) is 0 Å². The van der Waals surface area contributed by atoms with Crippen LogP contribution in [0.3, 0.4) is 0 Å². The van der Waals surface area contributed by atoms with Gasteiger partial charge in [0.2, 0.25) is 0 Å². The van der Waals surface area contributed by atoms with Crippen LogP contribution in [0, 0.1) is 0 Å². The van der Waals surface area contributed by atoms with Gasteiger partial charge in [0, 0.05) is 6.04 Å². The van der Waals surface area contributed by atoms with E-state index >= 15 is 0 Å². The zero-order valence-electron chi connectivity index (χ0n) is 12.2. The Hall–Kier alpha value is -2.66. The zero-order valence-corrected chi connectivity index (χ0v) is 12.2.